The number of aromatic amines is 1. The summed E-state index contributed by atoms with van der Waals surface area (Å²) in [5, 5.41) is 6.62. The standard InChI is InChI=1S/C22H28N4O3/c27-21(16-29-18-6-2-1-3-7-18)26-13-5-4-8-20(26)17-10-14-25(15-11-17)22(28)19-9-12-23-24-19/h1-3,6-7,9,12,17,20H,4-5,8,10-11,13-16H2,(H,23,24). The highest BCUT2D eigenvalue weighted by Crippen LogP contribution is 2.31. The molecule has 0 radical (unpaired) electrons. The predicted octanol–water partition coefficient (Wildman–Crippen LogP) is 2.72. The molecule has 2 saturated heterocycles. The fourth-order valence-corrected chi connectivity index (χ4v) is 4.53. The molecule has 154 valence electrons. The van der Waals surface area contributed by atoms with Gasteiger partial charge in [0.2, 0.25) is 0 Å². The molecule has 0 aliphatic carbocycles. The fourth-order valence-electron chi connectivity index (χ4n) is 4.53. The molecule has 7 nitrogen and oxygen atoms in total. The lowest BCUT2D eigenvalue weighted by Gasteiger charge is -2.43. The van der Waals surface area contributed by atoms with Crippen molar-refractivity contribution in [3.05, 3.63) is 48.3 Å². The SMILES string of the molecule is O=C(c1ccn[nH]1)N1CCC(C2CCCCN2C(=O)COc2ccccc2)CC1. The van der Waals surface area contributed by atoms with Crippen molar-refractivity contribution in [3.63, 3.8) is 0 Å². The van der Waals surface area contributed by atoms with Gasteiger partial charge in [0.15, 0.2) is 6.61 Å². The van der Waals surface area contributed by atoms with Gasteiger partial charge in [-0.2, -0.15) is 5.10 Å². The fraction of sp³-hybridized carbons (Fsp3) is 0.500. The normalized spacial score (nSPS) is 20.5. The number of hydrogen-bond donors (Lipinski definition) is 1. The third-order valence-corrected chi connectivity index (χ3v) is 6.08. The Morgan fingerprint density at radius 2 is 1.83 bits per heavy atom. The Bertz CT molecular complexity index is 801. The van der Waals surface area contributed by atoms with Crippen LogP contribution in [0.2, 0.25) is 0 Å². The summed E-state index contributed by atoms with van der Waals surface area (Å²) in [6, 6.07) is 11.4. The molecule has 2 fully saturated rings. The number of aromatic nitrogens is 2. The molecule has 1 aromatic heterocycles. The maximum absolute atomic E-state index is 12.9. The Morgan fingerprint density at radius 1 is 1.03 bits per heavy atom. The van der Waals surface area contributed by atoms with Crippen molar-refractivity contribution in [3.8, 4) is 5.75 Å². The van der Waals surface area contributed by atoms with Crippen molar-refractivity contribution < 1.29 is 14.3 Å². The number of H-pyrrole nitrogens is 1. The van der Waals surface area contributed by atoms with Gasteiger partial charge in [-0.15, -0.1) is 0 Å². The van der Waals surface area contributed by atoms with E-state index in [4.69, 9.17) is 4.74 Å². The van der Waals surface area contributed by atoms with E-state index in [1.165, 1.54) is 0 Å². The molecule has 2 amide bonds. The topological polar surface area (TPSA) is 78.5 Å². The summed E-state index contributed by atoms with van der Waals surface area (Å²) in [5.41, 5.74) is 0.538. The number of carbonyl (C=O) groups excluding carboxylic acids is 2. The molecule has 3 heterocycles. The molecular weight excluding hydrogens is 368 g/mol. The van der Waals surface area contributed by atoms with Crippen LogP contribution in [-0.4, -0.2) is 64.1 Å². The Balaban J connectivity index is 1.33. The number of hydrogen-bond acceptors (Lipinski definition) is 4. The summed E-state index contributed by atoms with van der Waals surface area (Å²) in [5.74, 6) is 1.23. The number of piperidine rings is 2. The average molecular weight is 396 g/mol. The molecule has 1 aromatic carbocycles. The summed E-state index contributed by atoms with van der Waals surface area (Å²) >= 11 is 0. The third-order valence-electron chi connectivity index (χ3n) is 6.08. The molecule has 0 saturated carbocycles. The first kappa shape index (κ1) is 19.5. The second kappa shape index (κ2) is 9.11. The molecule has 0 bridgehead atoms. The lowest BCUT2D eigenvalue weighted by molar-refractivity contribution is -0.139. The number of carbonyl (C=O) groups is 2. The molecule has 2 aromatic rings. The summed E-state index contributed by atoms with van der Waals surface area (Å²) in [6.45, 7) is 2.33. The quantitative estimate of drug-likeness (QED) is 0.843. The maximum atomic E-state index is 12.9. The third kappa shape index (κ3) is 4.60. The highest BCUT2D eigenvalue weighted by Gasteiger charge is 2.35. The Morgan fingerprint density at radius 3 is 2.55 bits per heavy atom. The van der Waals surface area contributed by atoms with Crippen molar-refractivity contribution >= 4 is 11.8 Å². The first-order valence-electron chi connectivity index (χ1n) is 10.5. The van der Waals surface area contributed by atoms with Gasteiger partial charge in [-0.1, -0.05) is 18.2 Å². The van der Waals surface area contributed by atoms with Crippen LogP contribution in [0.3, 0.4) is 0 Å². The minimum absolute atomic E-state index is 0.00814. The molecule has 29 heavy (non-hydrogen) atoms. The highest BCUT2D eigenvalue weighted by molar-refractivity contribution is 5.92. The van der Waals surface area contributed by atoms with E-state index in [1.807, 2.05) is 40.1 Å². The number of benzene rings is 1. The second-order valence-corrected chi connectivity index (χ2v) is 7.85. The van der Waals surface area contributed by atoms with Gasteiger partial charge in [0.25, 0.3) is 11.8 Å². The van der Waals surface area contributed by atoms with E-state index in [0.717, 1.165) is 57.5 Å². The van der Waals surface area contributed by atoms with E-state index in [0.29, 0.717) is 11.6 Å². The van der Waals surface area contributed by atoms with Gasteiger partial charge in [0, 0.05) is 31.9 Å². The predicted molar refractivity (Wildman–Crippen MR) is 109 cm³/mol. The van der Waals surface area contributed by atoms with Crippen LogP contribution in [0.4, 0.5) is 0 Å². The number of rotatable bonds is 5. The largest absolute Gasteiger partial charge is 0.484 e. The monoisotopic (exact) mass is 396 g/mol. The smallest absolute Gasteiger partial charge is 0.271 e. The zero-order valence-corrected chi connectivity index (χ0v) is 16.6. The van der Waals surface area contributed by atoms with Crippen LogP contribution >= 0.6 is 0 Å². The van der Waals surface area contributed by atoms with Crippen molar-refractivity contribution in [2.45, 2.75) is 38.1 Å². The van der Waals surface area contributed by atoms with Crippen molar-refractivity contribution in [1.29, 1.82) is 0 Å². The molecule has 1 atom stereocenters. The number of nitrogens with zero attached hydrogens (tertiary/aromatic N) is 3. The van der Waals surface area contributed by atoms with Crippen LogP contribution in [0.5, 0.6) is 5.75 Å². The number of nitrogens with one attached hydrogen (secondary N) is 1. The minimum atomic E-state index is 0.00814. The molecule has 2 aliphatic heterocycles. The molecule has 2 aliphatic rings. The van der Waals surface area contributed by atoms with E-state index in [9.17, 15) is 9.59 Å². The zero-order valence-electron chi connectivity index (χ0n) is 16.6. The van der Waals surface area contributed by atoms with Gasteiger partial charge >= 0.3 is 0 Å². The van der Waals surface area contributed by atoms with Gasteiger partial charge in [0.1, 0.15) is 11.4 Å². The molecule has 4 rings (SSSR count). The summed E-state index contributed by atoms with van der Waals surface area (Å²) < 4.78 is 5.69. The summed E-state index contributed by atoms with van der Waals surface area (Å²) in [7, 11) is 0. The highest BCUT2D eigenvalue weighted by atomic mass is 16.5. The van der Waals surface area contributed by atoms with Gasteiger partial charge in [-0.3, -0.25) is 14.7 Å². The number of para-hydroxylation sites is 1. The van der Waals surface area contributed by atoms with E-state index in [1.54, 1.807) is 12.3 Å². The van der Waals surface area contributed by atoms with Gasteiger partial charge in [0.05, 0.1) is 0 Å². The van der Waals surface area contributed by atoms with Crippen LogP contribution in [0, 0.1) is 5.92 Å². The van der Waals surface area contributed by atoms with Crippen LogP contribution in [0.15, 0.2) is 42.6 Å². The van der Waals surface area contributed by atoms with Crippen molar-refractivity contribution in [2.75, 3.05) is 26.2 Å². The summed E-state index contributed by atoms with van der Waals surface area (Å²) in [4.78, 5) is 29.3. The van der Waals surface area contributed by atoms with Crippen LogP contribution in [0.1, 0.15) is 42.6 Å². The molecule has 1 unspecified atom stereocenters. The van der Waals surface area contributed by atoms with Crippen molar-refractivity contribution in [2.24, 2.45) is 5.92 Å². The van der Waals surface area contributed by atoms with E-state index < -0.39 is 0 Å². The first-order valence-corrected chi connectivity index (χ1v) is 10.5. The molecular formula is C22H28N4O3. The van der Waals surface area contributed by atoms with Gasteiger partial charge in [-0.05, 0) is 56.2 Å². The van der Waals surface area contributed by atoms with E-state index >= 15 is 0 Å². The zero-order chi connectivity index (χ0) is 20.1. The van der Waals surface area contributed by atoms with Gasteiger partial charge < -0.3 is 14.5 Å². The molecule has 7 heteroatoms. The Hall–Kier alpha value is -2.83. The van der Waals surface area contributed by atoms with Crippen LogP contribution < -0.4 is 4.74 Å². The maximum Gasteiger partial charge on any atom is 0.271 e. The van der Waals surface area contributed by atoms with E-state index in [-0.39, 0.29) is 24.5 Å². The van der Waals surface area contributed by atoms with Crippen molar-refractivity contribution in [1.82, 2.24) is 20.0 Å². The van der Waals surface area contributed by atoms with E-state index in [2.05, 4.69) is 10.2 Å². The number of ether oxygens (including phenoxy) is 1. The lowest BCUT2D eigenvalue weighted by Crippen LogP contribution is -2.52. The minimum Gasteiger partial charge on any atom is -0.484 e. The molecule has 0 spiro atoms. The molecule has 1 N–H and O–H groups in total. The second-order valence-electron chi connectivity index (χ2n) is 7.85. The first-order chi connectivity index (χ1) is 14.2. The number of likely N-dealkylation sites (tertiary alicyclic amines) is 2. The number of amides is 2. The Labute approximate surface area is 171 Å². The Kier molecular flexibility index (Phi) is 6.12. The lowest BCUT2D eigenvalue weighted by atomic mass is 9.83. The summed E-state index contributed by atoms with van der Waals surface area (Å²) in [6.07, 6.45) is 6.69. The van der Waals surface area contributed by atoms with Crippen LogP contribution in [-0.2, 0) is 4.79 Å². The van der Waals surface area contributed by atoms with Gasteiger partial charge in [-0.25, -0.2) is 0 Å². The average Bonchev–Trinajstić information content (AvgIpc) is 3.33. The van der Waals surface area contributed by atoms with Crippen LogP contribution in [0.25, 0.3) is 0 Å².